The third-order valence-electron chi connectivity index (χ3n) is 0.950. The van der Waals surface area contributed by atoms with Gasteiger partial charge < -0.3 is 10.1 Å². The third-order valence-corrected chi connectivity index (χ3v) is 1.28. The van der Waals surface area contributed by atoms with Gasteiger partial charge in [-0.25, -0.2) is 4.79 Å². The van der Waals surface area contributed by atoms with E-state index in [0.717, 1.165) is 0 Å². The molecule has 5 heteroatoms. The van der Waals surface area contributed by atoms with Crippen molar-refractivity contribution in [3.8, 4) is 0 Å². The zero-order valence-electron chi connectivity index (χ0n) is 6.39. The summed E-state index contributed by atoms with van der Waals surface area (Å²) in [4.78, 5) is 21.0. The van der Waals surface area contributed by atoms with Crippen molar-refractivity contribution in [3.63, 3.8) is 0 Å². The molecule has 0 aromatic carbocycles. The maximum Gasteiger partial charge on any atom is 0.407 e. The van der Waals surface area contributed by atoms with E-state index in [0.29, 0.717) is 0 Å². The zero-order valence-corrected chi connectivity index (χ0v) is 7.14. The summed E-state index contributed by atoms with van der Waals surface area (Å²) in [6.45, 7) is 3.42. The zero-order chi connectivity index (χ0) is 8.85. The lowest BCUT2D eigenvalue weighted by Gasteiger charge is -2.07. The molecule has 1 amide bonds. The number of carbonyl (C=O) groups is 2. The number of alkyl carbamates (subject to hydrolysis) is 1. The minimum absolute atomic E-state index is 0.273. The highest BCUT2D eigenvalue weighted by molar-refractivity contribution is 6.64. The SMILES string of the molecule is CCOC(=O)NC(C)C(=O)Cl. The van der Waals surface area contributed by atoms with Gasteiger partial charge in [-0.15, -0.1) is 0 Å². The summed E-state index contributed by atoms with van der Waals surface area (Å²) in [5.41, 5.74) is 0. The Bertz CT molecular complexity index is 160. The summed E-state index contributed by atoms with van der Waals surface area (Å²) in [5, 5.41) is 1.62. The lowest BCUT2D eigenvalue weighted by Crippen LogP contribution is -2.36. The average molecular weight is 180 g/mol. The molecule has 0 spiro atoms. The first kappa shape index (κ1) is 10.2. The number of amides is 1. The molecule has 0 radical (unpaired) electrons. The molecule has 1 atom stereocenters. The topological polar surface area (TPSA) is 55.4 Å². The van der Waals surface area contributed by atoms with E-state index in [1.54, 1.807) is 6.92 Å². The van der Waals surface area contributed by atoms with Crippen molar-refractivity contribution >= 4 is 22.9 Å². The number of ether oxygens (including phenoxy) is 1. The van der Waals surface area contributed by atoms with Gasteiger partial charge in [0.2, 0.25) is 5.24 Å². The van der Waals surface area contributed by atoms with Gasteiger partial charge in [-0.1, -0.05) is 0 Å². The van der Waals surface area contributed by atoms with Gasteiger partial charge in [0, 0.05) is 0 Å². The minimum Gasteiger partial charge on any atom is -0.450 e. The van der Waals surface area contributed by atoms with E-state index in [4.69, 9.17) is 11.6 Å². The van der Waals surface area contributed by atoms with E-state index in [2.05, 4.69) is 10.1 Å². The molecule has 1 unspecified atom stereocenters. The van der Waals surface area contributed by atoms with Gasteiger partial charge in [0.25, 0.3) is 0 Å². The average Bonchev–Trinajstić information content (AvgIpc) is 1.87. The fourth-order valence-corrected chi connectivity index (χ4v) is 0.461. The Balaban J connectivity index is 3.66. The maximum absolute atomic E-state index is 10.6. The van der Waals surface area contributed by atoms with Gasteiger partial charge in [-0.05, 0) is 25.4 Å². The van der Waals surface area contributed by atoms with Gasteiger partial charge >= 0.3 is 6.09 Å². The predicted octanol–water partition coefficient (Wildman–Crippen LogP) is 0.886. The maximum atomic E-state index is 10.6. The molecule has 64 valence electrons. The van der Waals surface area contributed by atoms with E-state index < -0.39 is 17.4 Å². The van der Waals surface area contributed by atoms with Crippen LogP contribution in [0.2, 0.25) is 0 Å². The molecule has 0 aliphatic rings. The first-order chi connectivity index (χ1) is 5.07. The summed E-state index contributed by atoms with van der Waals surface area (Å²) in [7, 11) is 0. The van der Waals surface area contributed by atoms with Crippen LogP contribution in [-0.4, -0.2) is 24.0 Å². The molecule has 0 rings (SSSR count). The smallest absolute Gasteiger partial charge is 0.407 e. The Hall–Kier alpha value is -0.770. The van der Waals surface area contributed by atoms with Crippen molar-refractivity contribution < 1.29 is 14.3 Å². The highest BCUT2D eigenvalue weighted by atomic mass is 35.5. The van der Waals surface area contributed by atoms with Gasteiger partial charge in [0.15, 0.2) is 0 Å². The third kappa shape index (κ3) is 4.61. The van der Waals surface area contributed by atoms with Crippen molar-refractivity contribution in [1.29, 1.82) is 0 Å². The fraction of sp³-hybridized carbons (Fsp3) is 0.667. The van der Waals surface area contributed by atoms with E-state index >= 15 is 0 Å². The fourth-order valence-electron chi connectivity index (χ4n) is 0.406. The quantitative estimate of drug-likeness (QED) is 0.655. The molecule has 0 saturated carbocycles. The molecule has 4 nitrogen and oxygen atoms in total. The lowest BCUT2D eigenvalue weighted by molar-refractivity contribution is -0.113. The highest BCUT2D eigenvalue weighted by Crippen LogP contribution is 1.90. The van der Waals surface area contributed by atoms with Gasteiger partial charge in [0.1, 0.15) is 6.04 Å². The molecule has 0 saturated heterocycles. The number of hydrogen-bond acceptors (Lipinski definition) is 3. The molecule has 0 aliphatic carbocycles. The van der Waals surface area contributed by atoms with Crippen molar-refractivity contribution in [2.75, 3.05) is 6.61 Å². The number of rotatable bonds is 3. The molecule has 0 aromatic rings. The molecule has 0 aliphatic heterocycles. The van der Waals surface area contributed by atoms with Crippen LogP contribution in [0.3, 0.4) is 0 Å². The van der Waals surface area contributed by atoms with Crippen molar-refractivity contribution in [2.24, 2.45) is 0 Å². The van der Waals surface area contributed by atoms with Crippen LogP contribution < -0.4 is 5.32 Å². The summed E-state index contributed by atoms with van der Waals surface area (Å²) in [5.74, 6) is 0. The van der Waals surface area contributed by atoms with Gasteiger partial charge in [-0.2, -0.15) is 0 Å². The van der Waals surface area contributed by atoms with Crippen LogP contribution >= 0.6 is 11.6 Å². The molecular formula is C6H10ClNO3. The van der Waals surface area contributed by atoms with Gasteiger partial charge in [-0.3, -0.25) is 4.79 Å². The molecule has 0 aromatic heterocycles. The van der Waals surface area contributed by atoms with Crippen LogP contribution in [0.1, 0.15) is 13.8 Å². The van der Waals surface area contributed by atoms with Crippen LogP contribution in [0.4, 0.5) is 4.79 Å². The lowest BCUT2D eigenvalue weighted by atomic mass is 10.4. The predicted molar refractivity (Wildman–Crippen MR) is 40.5 cm³/mol. The van der Waals surface area contributed by atoms with E-state index in [1.165, 1.54) is 6.92 Å². The Morgan fingerprint density at radius 1 is 1.64 bits per heavy atom. The summed E-state index contributed by atoms with van der Waals surface area (Å²) in [6.07, 6.45) is -0.631. The summed E-state index contributed by atoms with van der Waals surface area (Å²) in [6, 6.07) is -0.698. The number of nitrogens with one attached hydrogen (secondary N) is 1. The van der Waals surface area contributed by atoms with Crippen molar-refractivity contribution in [3.05, 3.63) is 0 Å². The monoisotopic (exact) mass is 179 g/mol. The minimum atomic E-state index is -0.698. The number of hydrogen-bond donors (Lipinski definition) is 1. The van der Waals surface area contributed by atoms with Crippen LogP contribution in [0.5, 0.6) is 0 Å². The van der Waals surface area contributed by atoms with Crippen LogP contribution in [0.15, 0.2) is 0 Å². The first-order valence-electron chi connectivity index (χ1n) is 3.20. The Kier molecular flexibility index (Phi) is 4.61. The molecule has 1 N–H and O–H groups in total. The van der Waals surface area contributed by atoms with Crippen LogP contribution in [0.25, 0.3) is 0 Å². The Morgan fingerprint density at radius 3 is 2.55 bits per heavy atom. The van der Waals surface area contributed by atoms with Crippen LogP contribution in [-0.2, 0) is 9.53 Å². The first-order valence-corrected chi connectivity index (χ1v) is 3.58. The van der Waals surface area contributed by atoms with Gasteiger partial charge in [0.05, 0.1) is 6.61 Å². The van der Waals surface area contributed by atoms with Crippen molar-refractivity contribution in [2.45, 2.75) is 19.9 Å². The van der Waals surface area contributed by atoms with Crippen LogP contribution in [0, 0.1) is 0 Å². The summed E-state index contributed by atoms with van der Waals surface area (Å²) < 4.78 is 4.50. The number of halogens is 1. The summed E-state index contributed by atoms with van der Waals surface area (Å²) >= 11 is 5.06. The molecule has 0 bridgehead atoms. The molecule has 0 fully saturated rings. The highest BCUT2D eigenvalue weighted by Gasteiger charge is 2.12. The Morgan fingerprint density at radius 2 is 2.18 bits per heavy atom. The normalized spacial score (nSPS) is 11.9. The largest absolute Gasteiger partial charge is 0.450 e. The molecular weight excluding hydrogens is 170 g/mol. The van der Waals surface area contributed by atoms with Crippen molar-refractivity contribution in [1.82, 2.24) is 5.32 Å². The second-order valence-corrected chi connectivity index (χ2v) is 2.26. The van der Waals surface area contributed by atoms with E-state index in [1.807, 2.05) is 0 Å². The Labute approximate surface area is 69.9 Å². The second-order valence-electron chi connectivity index (χ2n) is 1.89. The standard InChI is InChI=1S/C6H10ClNO3/c1-3-11-6(10)8-4(2)5(7)9/h4H,3H2,1-2H3,(H,8,10). The van der Waals surface area contributed by atoms with E-state index in [9.17, 15) is 9.59 Å². The molecule has 0 heterocycles. The second kappa shape index (κ2) is 4.96. The molecule has 11 heavy (non-hydrogen) atoms. The van der Waals surface area contributed by atoms with E-state index in [-0.39, 0.29) is 6.61 Å². The number of carbonyl (C=O) groups excluding carboxylic acids is 2.